The zero-order valence-electron chi connectivity index (χ0n) is 14.3. The predicted molar refractivity (Wildman–Crippen MR) is 84.0 cm³/mol. The summed E-state index contributed by atoms with van der Waals surface area (Å²) in [5.74, 6) is -1.37. The molecule has 0 spiro atoms. The third-order valence-electron chi connectivity index (χ3n) is 3.85. The van der Waals surface area contributed by atoms with Gasteiger partial charge in [0.1, 0.15) is 0 Å². The Balaban J connectivity index is 2.39. The van der Waals surface area contributed by atoms with Crippen LogP contribution in [0.25, 0.3) is 0 Å². The second-order valence-corrected chi connectivity index (χ2v) is 5.41. The molecular weight excluding hydrogens is 332 g/mol. The van der Waals surface area contributed by atoms with Gasteiger partial charge in [-0.15, -0.1) is 0 Å². The van der Waals surface area contributed by atoms with Gasteiger partial charge in [0.2, 0.25) is 6.79 Å². The van der Waals surface area contributed by atoms with Crippen LogP contribution in [0.15, 0.2) is 18.2 Å². The normalized spacial score (nSPS) is 12.4. The van der Waals surface area contributed by atoms with E-state index in [1.165, 1.54) is 0 Å². The molecule has 8 heteroatoms. The number of benzene rings is 1. The summed E-state index contributed by atoms with van der Waals surface area (Å²) in [6.45, 7) is 1.86. The molecule has 0 aliphatic carbocycles. The van der Waals surface area contributed by atoms with E-state index in [2.05, 4.69) is 0 Å². The topological polar surface area (TPSA) is 97.4 Å². The second-order valence-electron chi connectivity index (χ2n) is 5.41. The van der Waals surface area contributed by atoms with Crippen molar-refractivity contribution in [2.75, 3.05) is 27.6 Å². The molecule has 0 N–H and O–H groups in total. The average molecular weight is 352 g/mol. The smallest absolute Gasteiger partial charge is 0.324 e. The van der Waals surface area contributed by atoms with Gasteiger partial charge in [-0.05, 0) is 31.0 Å². The van der Waals surface area contributed by atoms with Crippen LogP contribution in [0, 0.1) is 5.41 Å². The fraction of sp³-hybridized carbons (Fsp3) is 0.471. The molecule has 0 bridgehead atoms. The Bertz CT molecular complexity index is 651. The van der Waals surface area contributed by atoms with Crippen molar-refractivity contribution in [3.8, 4) is 11.5 Å². The molecule has 1 aromatic rings. The van der Waals surface area contributed by atoms with Gasteiger partial charge >= 0.3 is 17.9 Å². The third kappa shape index (κ3) is 3.84. The fourth-order valence-electron chi connectivity index (χ4n) is 2.68. The molecule has 0 atom stereocenters. The SMILES string of the molecule is CCOC(=O)CC(Cc1ccc2c(c1)OCO2)(C(=O)OC)C(=O)OC. The largest absolute Gasteiger partial charge is 0.468 e. The van der Waals surface area contributed by atoms with E-state index in [4.69, 9.17) is 23.7 Å². The van der Waals surface area contributed by atoms with Gasteiger partial charge < -0.3 is 23.7 Å². The highest BCUT2D eigenvalue weighted by molar-refractivity contribution is 6.03. The molecule has 136 valence electrons. The van der Waals surface area contributed by atoms with E-state index in [0.29, 0.717) is 17.1 Å². The Morgan fingerprint density at radius 3 is 2.32 bits per heavy atom. The van der Waals surface area contributed by atoms with Gasteiger partial charge in [-0.1, -0.05) is 6.07 Å². The molecule has 1 aliphatic heterocycles. The van der Waals surface area contributed by atoms with Gasteiger partial charge in [0.05, 0.1) is 27.2 Å². The minimum absolute atomic E-state index is 0.0980. The number of carbonyl (C=O) groups excluding carboxylic acids is 3. The lowest BCUT2D eigenvalue weighted by atomic mass is 9.78. The van der Waals surface area contributed by atoms with Crippen molar-refractivity contribution in [1.82, 2.24) is 0 Å². The monoisotopic (exact) mass is 352 g/mol. The summed E-state index contributed by atoms with van der Waals surface area (Å²) < 4.78 is 25.0. The van der Waals surface area contributed by atoms with Crippen LogP contribution in [-0.2, 0) is 35.0 Å². The van der Waals surface area contributed by atoms with Crippen LogP contribution in [0.1, 0.15) is 18.9 Å². The maximum absolute atomic E-state index is 12.4. The highest BCUT2D eigenvalue weighted by atomic mass is 16.7. The molecule has 0 unspecified atom stereocenters. The minimum atomic E-state index is -1.84. The Hall–Kier alpha value is -2.77. The van der Waals surface area contributed by atoms with Crippen LogP contribution in [0.5, 0.6) is 11.5 Å². The fourth-order valence-corrected chi connectivity index (χ4v) is 2.68. The first-order chi connectivity index (χ1) is 12.0. The summed E-state index contributed by atoms with van der Waals surface area (Å²) in [6, 6.07) is 4.99. The lowest BCUT2D eigenvalue weighted by molar-refractivity contribution is -0.174. The molecule has 8 nitrogen and oxygen atoms in total. The van der Waals surface area contributed by atoms with Gasteiger partial charge in [-0.3, -0.25) is 14.4 Å². The molecular formula is C17H20O8. The summed E-state index contributed by atoms with van der Waals surface area (Å²) >= 11 is 0. The van der Waals surface area contributed by atoms with E-state index < -0.39 is 29.7 Å². The van der Waals surface area contributed by atoms with E-state index in [1.54, 1.807) is 25.1 Å². The zero-order chi connectivity index (χ0) is 18.4. The summed E-state index contributed by atoms with van der Waals surface area (Å²) in [6.07, 6.45) is -0.601. The number of hydrogen-bond donors (Lipinski definition) is 0. The number of esters is 3. The molecule has 0 fully saturated rings. The van der Waals surface area contributed by atoms with Crippen molar-refractivity contribution >= 4 is 17.9 Å². The molecule has 0 amide bonds. The van der Waals surface area contributed by atoms with Crippen LogP contribution >= 0.6 is 0 Å². The number of fused-ring (bicyclic) bond motifs is 1. The molecule has 1 aliphatic rings. The first-order valence-electron chi connectivity index (χ1n) is 7.67. The summed E-state index contributed by atoms with van der Waals surface area (Å²) in [5, 5.41) is 0. The number of rotatable bonds is 7. The van der Waals surface area contributed by atoms with Crippen LogP contribution in [0.3, 0.4) is 0 Å². The number of ether oxygens (including phenoxy) is 5. The summed E-state index contributed by atoms with van der Waals surface area (Å²) in [5.41, 5.74) is -1.26. The van der Waals surface area contributed by atoms with Crippen molar-refractivity contribution in [3.63, 3.8) is 0 Å². The summed E-state index contributed by atoms with van der Waals surface area (Å²) in [7, 11) is 2.29. The van der Waals surface area contributed by atoms with Crippen molar-refractivity contribution in [1.29, 1.82) is 0 Å². The van der Waals surface area contributed by atoms with E-state index in [1.807, 2.05) is 0 Å². The highest BCUT2D eigenvalue weighted by Gasteiger charge is 2.50. The predicted octanol–water partition coefficient (Wildman–Crippen LogP) is 1.24. The number of methoxy groups -OCH3 is 2. The van der Waals surface area contributed by atoms with Crippen molar-refractivity contribution in [2.45, 2.75) is 19.8 Å². The number of carbonyl (C=O) groups is 3. The average Bonchev–Trinajstić information content (AvgIpc) is 3.07. The molecule has 0 saturated heterocycles. The maximum Gasteiger partial charge on any atom is 0.324 e. The molecule has 0 saturated carbocycles. The maximum atomic E-state index is 12.4. The van der Waals surface area contributed by atoms with E-state index >= 15 is 0 Å². The van der Waals surface area contributed by atoms with Gasteiger partial charge in [0.25, 0.3) is 0 Å². The van der Waals surface area contributed by atoms with Gasteiger partial charge in [0.15, 0.2) is 16.9 Å². The van der Waals surface area contributed by atoms with E-state index in [0.717, 1.165) is 14.2 Å². The van der Waals surface area contributed by atoms with E-state index in [9.17, 15) is 14.4 Å². The number of hydrogen-bond acceptors (Lipinski definition) is 8. The second kappa shape index (κ2) is 7.87. The third-order valence-corrected chi connectivity index (χ3v) is 3.85. The first kappa shape index (κ1) is 18.6. The van der Waals surface area contributed by atoms with Crippen molar-refractivity contribution in [3.05, 3.63) is 23.8 Å². The van der Waals surface area contributed by atoms with Crippen LogP contribution in [0.4, 0.5) is 0 Å². The Morgan fingerprint density at radius 2 is 1.72 bits per heavy atom. The Kier molecular flexibility index (Phi) is 5.84. The standard InChI is InChI=1S/C17H20O8/c1-4-23-14(18)9-17(15(19)21-2,16(20)22-3)8-11-5-6-12-13(7-11)25-10-24-12/h5-7H,4,8-10H2,1-3H3. The van der Waals surface area contributed by atoms with Crippen LogP contribution in [0.2, 0.25) is 0 Å². The molecule has 0 aromatic heterocycles. The van der Waals surface area contributed by atoms with Crippen molar-refractivity contribution < 1.29 is 38.1 Å². The van der Waals surface area contributed by atoms with Gasteiger partial charge in [-0.25, -0.2) is 0 Å². The van der Waals surface area contributed by atoms with Crippen LogP contribution < -0.4 is 9.47 Å². The van der Waals surface area contributed by atoms with Crippen molar-refractivity contribution in [2.24, 2.45) is 5.41 Å². The molecule has 1 heterocycles. The lowest BCUT2D eigenvalue weighted by Crippen LogP contribution is -2.45. The van der Waals surface area contributed by atoms with Crippen LogP contribution in [-0.4, -0.2) is 45.5 Å². The highest BCUT2D eigenvalue weighted by Crippen LogP contribution is 2.37. The molecule has 1 aromatic carbocycles. The zero-order valence-corrected chi connectivity index (χ0v) is 14.3. The van der Waals surface area contributed by atoms with E-state index in [-0.39, 0.29) is 19.8 Å². The van der Waals surface area contributed by atoms with Gasteiger partial charge in [-0.2, -0.15) is 0 Å². The Morgan fingerprint density at radius 1 is 1.08 bits per heavy atom. The molecule has 0 radical (unpaired) electrons. The lowest BCUT2D eigenvalue weighted by Gasteiger charge is -2.27. The first-order valence-corrected chi connectivity index (χ1v) is 7.67. The quantitative estimate of drug-likeness (QED) is 0.411. The summed E-state index contributed by atoms with van der Waals surface area (Å²) in [4.78, 5) is 36.8. The minimum Gasteiger partial charge on any atom is -0.468 e. The molecule has 2 rings (SSSR count). The Labute approximate surface area is 144 Å². The molecule has 25 heavy (non-hydrogen) atoms. The van der Waals surface area contributed by atoms with Gasteiger partial charge in [0, 0.05) is 0 Å².